The molecule has 2 rings (SSSR count). The third-order valence-electron chi connectivity index (χ3n) is 3.04. The van der Waals surface area contributed by atoms with E-state index in [2.05, 4.69) is 66.2 Å². The highest BCUT2D eigenvalue weighted by atomic mass is 79.9. The second-order valence-corrected chi connectivity index (χ2v) is 5.80. The van der Waals surface area contributed by atoms with Crippen LogP contribution in [0.4, 0.5) is 0 Å². The van der Waals surface area contributed by atoms with Crippen LogP contribution in [0.3, 0.4) is 0 Å². The quantitative estimate of drug-likeness (QED) is 0.697. The molecule has 0 atom stereocenters. The molecule has 2 aromatic rings. The molecule has 2 aromatic carbocycles. The van der Waals surface area contributed by atoms with Crippen LogP contribution in [0.1, 0.15) is 25.0 Å². The summed E-state index contributed by atoms with van der Waals surface area (Å²) in [7, 11) is 0. The molecule has 0 N–H and O–H groups in total. The standard InChI is InChI=1S/C16H19Br/c1-12(2)10-13-6-7-16-14(8-9-17)4-3-5-15(16)11-13/h3-7,11-12H,8-10H2,1-2H3. The van der Waals surface area contributed by atoms with E-state index in [9.17, 15) is 0 Å². The normalized spacial score (nSPS) is 11.3. The Hall–Kier alpha value is -0.820. The Balaban J connectivity index is 2.41. The summed E-state index contributed by atoms with van der Waals surface area (Å²) >= 11 is 3.52. The van der Waals surface area contributed by atoms with Crippen molar-refractivity contribution in [2.45, 2.75) is 26.7 Å². The Kier molecular flexibility index (Phi) is 4.22. The summed E-state index contributed by atoms with van der Waals surface area (Å²) < 4.78 is 0. The van der Waals surface area contributed by atoms with Crippen molar-refractivity contribution in [2.75, 3.05) is 5.33 Å². The molecule has 0 nitrogen and oxygen atoms in total. The molecule has 0 heterocycles. The second-order valence-electron chi connectivity index (χ2n) is 5.01. The summed E-state index contributed by atoms with van der Waals surface area (Å²) in [5.41, 5.74) is 2.89. The molecular formula is C16H19Br. The van der Waals surface area contributed by atoms with Crippen molar-refractivity contribution in [3.05, 3.63) is 47.5 Å². The fourth-order valence-electron chi connectivity index (χ4n) is 2.32. The van der Waals surface area contributed by atoms with E-state index in [0.717, 1.165) is 17.7 Å². The molecule has 0 amide bonds. The maximum Gasteiger partial charge on any atom is 0.00720 e. The van der Waals surface area contributed by atoms with Crippen LogP contribution in [0.25, 0.3) is 10.8 Å². The lowest BCUT2D eigenvalue weighted by molar-refractivity contribution is 0.648. The average Bonchev–Trinajstić information content (AvgIpc) is 2.28. The predicted molar refractivity (Wildman–Crippen MR) is 80.0 cm³/mol. The molecule has 1 heteroatoms. The molecule has 90 valence electrons. The molecule has 0 aliphatic carbocycles. The van der Waals surface area contributed by atoms with Crippen LogP contribution in [0.15, 0.2) is 36.4 Å². The van der Waals surface area contributed by atoms with Gasteiger partial charge in [0.1, 0.15) is 0 Å². The first-order valence-electron chi connectivity index (χ1n) is 6.27. The van der Waals surface area contributed by atoms with Gasteiger partial charge in [0.15, 0.2) is 0 Å². The second kappa shape index (κ2) is 5.68. The number of aryl methyl sites for hydroxylation is 1. The van der Waals surface area contributed by atoms with Crippen LogP contribution in [0.5, 0.6) is 0 Å². The summed E-state index contributed by atoms with van der Waals surface area (Å²) in [6.45, 7) is 4.54. The molecule has 0 spiro atoms. The van der Waals surface area contributed by atoms with Gasteiger partial charge < -0.3 is 0 Å². The predicted octanol–water partition coefficient (Wildman–Crippen LogP) is 4.98. The first-order valence-corrected chi connectivity index (χ1v) is 7.39. The molecule has 0 aliphatic rings. The average molecular weight is 291 g/mol. The Bertz CT molecular complexity index is 500. The Morgan fingerprint density at radius 1 is 1.12 bits per heavy atom. The third kappa shape index (κ3) is 3.10. The van der Waals surface area contributed by atoms with Gasteiger partial charge in [0.25, 0.3) is 0 Å². The van der Waals surface area contributed by atoms with Gasteiger partial charge in [0.05, 0.1) is 0 Å². The molecule has 0 aliphatic heterocycles. The fourth-order valence-corrected chi connectivity index (χ4v) is 2.75. The molecule has 0 radical (unpaired) electrons. The Morgan fingerprint density at radius 3 is 2.65 bits per heavy atom. The van der Waals surface area contributed by atoms with Gasteiger partial charge in [0, 0.05) is 5.33 Å². The van der Waals surface area contributed by atoms with Crippen molar-refractivity contribution < 1.29 is 0 Å². The zero-order valence-corrected chi connectivity index (χ0v) is 12.1. The molecule has 0 saturated carbocycles. The van der Waals surface area contributed by atoms with E-state index in [0.29, 0.717) is 0 Å². The summed E-state index contributed by atoms with van der Waals surface area (Å²) in [5.74, 6) is 0.721. The van der Waals surface area contributed by atoms with Crippen molar-refractivity contribution in [1.29, 1.82) is 0 Å². The summed E-state index contributed by atoms with van der Waals surface area (Å²) in [5, 5.41) is 3.81. The van der Waals surface area contributed by atoms with E-state index in [1.165, 1.54) is 28.3 Å². The zero-order chi connectivity index (χ0) is 12.3. The van der Waals surface area contributed by atoms with Gasteiger partial charge in [-0.15, -0.1) is 0 Å². The van der Waals surface area contributed by atoms with Gasteiger partial charge in [-0.3, -0.25) is 0 Å². The number of benzene rings is 2. The highest BCUT2D eigenvalue weighted by Gasteiger charge is 2.03. The van der Waals surface area contributed by atoms with Gasteiger partial charge in [-0.25, -0.2) is 0 Å². The first-order chi connectivity index (χ1) is 8.20. The van der Waals surface area contributed by atoms with Crippen molar-refractivity contribution >= 4 is 26.7 Å². The maximum atomic E-state index is 3.52. The lowest BCUT2D eigenvalue weighted by Crippen LogP contribution is -1.94. The largest absolute Gasteiger partial charge is 0.0924 e. The molecule has 17 heavy (non-hydrogen) atoms. The van der Waals surface area contributed by atoms with Crippen LogP contribution in [-0.2, 0) is 12.8 Å². The highest BCUT2D eigenvalue weighted by Crippen LogP contribution is 2.22. The third-order valence-corrected chi connectivity index (χ3v) is 3.44. The molecule has 0 saturated heterocycles. The molecular weight excluding hydrogens is 272 g/mol. The smallest absolute Gasteiger partial charge is 0.00720 e. The van der Waals surface area contributed by atoms with E-state index < -0.39 is 0 Å². The van der Waals surface area contributed by atoms with Crippen molar-refractivity contribution in [3.63, 3.8) is 0 Å². The Labute approximate surface area is 112 Å². The van der Waals surface area contributed by atoms with Crippen LogP contribution >= 0.6 is 15.9 Å². The van der Waals surface area contributed by atoms with Gasteiger partial charge in [0.2, 0.25) is 0 Å². The number of hydrogen-bond donors (Lipinski definition) is 0. The molecule has 0 fully saturated rings. The highest BCUT2D eigenvalue weighted by molar-refractivity contribution is 9.09. The lowest BCUT2D eigenvalue weighted by atomic mass is 9.97. The minimum absolute atomic E-state index is 0.721. The topological polar surface area (TPSA) is 0 Å². The van der Waals surface area contributed by atoms with Gasteiger partial charge in [-0.2, -0.15) is 0 Å². The zero-order valence-electron chi connectivity index (χ0n) is 10.5. The summed E-state index contributed by atoms with van der Waals surface area (Å²) in [6.07, 6.45) is 2.26. The van der Waals surface area contributed by atoms with Crippen molar-refractivity contribution in [1.82, 2.24) is 0 Å². The first kappa shape index (κ1) is 12.6. The number of halogens is 1. The number of rotatable bonds is 4. The fraction of sp³-hybridized carbons (Fsp3) is 0.375. The Morgan fingerprint density at radius 2 is 1.94 bits per heavy atom. The van der Waals surface area contributed by atoms with Crippen LogP contribution in [-0.4, -0.2) is 5.33 Å². The number of fused-ring (bicyclic) bond motifs is 1. The molecule has 0 bridgehead atoms. The lowest BCUT2D eigenvalue weighted by Gasteiger charge is -2.09. The van der Waals surface area contributed by atoms with Gasteiger partial charge in [-0.1, -0.05) is 66.2 Å². The monoisotopic (exact) mass is 290 g/mol. The maximum absolute atomic E-state index is 3.52. The van der Waals surface area contributed by atoms with Gasteiger partial charge >= 0.3 is 0 Å². The van der Waals surface area contributed by atoms with Crippen LogP contribution < -0.4 is 0 Å². The van der Waals surface area contributed by atoms with E-state index in [4.69, 9.17) is 0 Å². The summed E-state index contributed by atoms with van der Waals surface area (Å²) in [6, 6.07) is 13.5. The summed E-state index contributed by atoms with van der Waals surface area (Å²) in [4.78, 5) is 0. The van der Waals surface area contributed by atoms with E-state index in [-0.39, 0.29) is 0 Å². The molecule has 0 unspecified atom stereocenters. The number of alkyl halides is 1. The SMILES string of the molecule is CC(C)Cc1ccc2c(CCBr)cccc2c1. The van der Waals surface area contributed by atoms with E-state index in [1.54, 1.807) is 0 Å². The van der Waals surface area contributed by atoms with Gasteiger partial charge in [-0.05, 0) is 40.7 Å². The van der Waals surface area contributed by atoms with Crippen molar-refractivity contribution in [3.8, 4) is 0 Å². The van der Waals surface area contributed by atoms with E-state index in [1.807, 2.05) is 0 Å². The van der Waals surface area contributed by atoms with Crippen LogP contribution in [0, 0.1) is 5.92 Å². The van der Waals surface area contributed by atoms with E-state index >= 15 is 0 Å². The van der Waals surface area contributed by atoms with Crippen molar-refractivity contribution in [2.24, 2.45) is 5.92 Å². The minimum atomic E-state index is 0.721. The molecule has 0 aromatic heterocycles. The van der Waals surface area contributed by atoms with Crippen LogP contribution in [0.2, 0.25) is 0 Å². The minimum Gasteiger partial charge on any atom is -0.0924 e. The number of hydrogen-bond acceptors (Lipinski definition) is 0.